The van der Waals surface area contributed by atoms with E-state index in [1.54, 1.807) is 20.2 Å². The van der Waals surface area contributed by atoms with Crippen LogP contribution >= 0.6 is 11.3 Å². The molecule has 0 aliphatic carbocycles. The van der Waals surface area contributed by atoms with Crippen molar-refractivity contribution >= 4 is 16.3 Å². The number of methoxy groups -OCH3 is 1. The number of rotatable bonds is 5. The molecule has 1 unspecified atom stereocenters. The Labute approximate surface area is 136 Å². The summed E-state index contributed by atoms with van der Waals surface area (Å²) in [6.45, 7) is 1.86. The fourth-order valence-electron chi connectivity index (χ4n) is 2.25. The normalized spacial score (nSPS) is 13.1. The van der Waals surface area contributed by atoms with Crippen molar-refractivity contribution in [2.45, 2.75) is 25.6 Å². The van der Waals surface area contributed by atoms with Crippen molar-refractivity contribution in [1.29, 1.82) is 0 Å². The third-order valence-corrected chi connectivity index (χ3v) is 4.75. The molecule has 1 heterocycles. The van der Waals surface area contributed by atoms with Gasteiger partial charge in [-0.1, -0.05) is 12.1 Å². The van der Waals surface area contributed by atoms with E-state index in [1.807, 2.05) is 6.92 Å². The highest BCUT2D eigenvalue weighted by Crippen LogP contribution is 2.47. The van der Waals surface area contributed by atoms with Crippen LogP contribution in [0.4, 0.5) is 18.2 Å². The Morgan fingerprint density at radius 3 is 2.61 bits per heavy atom. The second kappa shape index (κ2) is 6.80. The third kappa shape index (κ3) is 3.79. The molecule has 0 saturated carbocycles. The van der Waals surface area contributed by atoms with E-state index < -0.39 is 11.7 Å². The Bertz CT molecular complexity index is 682. The van der Waals surface area contributed by atoms with E-state index in [0.29, 0.717) is 27.4 Å². The predicted molar refractivity (Wildman–Crippen MR) is 86.1 cm³/mol. The second-order valence-electron chi connectivity index (χ2n) is 5.16. The number of aromatic hydroxyl groups is 1. The van der Waals surface area contributed by atoms with Crippen molar-refractivity contribution in [3.05, 3.63) is 34.7 Å². The number of hydrogen-bond acceptors (Lipinski definition) is 4. The van der Waals surface area contributed by atoms with Gasteiger partial charge in [0.05, 0.1) is 22.1 Å². The fraction of sp³-hybridized carbons (Fsp3) is 0.375. The number of halogens is 3. The van der Waals surface area contributed by atoms with E-state index in [4.69, 9.17) is 4.74 Å². The van der Waals surface area contributed by atoms with Crippen LogP contribution in [0.15, 0.2) is 24.3 Å². The first-order valence-corrected chi connectivity index (χ1v) is 7.82. The molecule has 0 bridgehead atoms. The SMILES string of the molecule is CNc1sc(CC(C)OC)c(O)c1-c1cccc(C(F)(F)F)c1. The van der Waals surface area contributed by atoms with E-state index in [1.165, 1.54) is 17.4 Å². The summed E-state index contributed by atoms with van der Waals surface area (Å²) >= 11 is 1.32. The van der Waals surface area contributed by atoms with Crippen molar-refractivity contribution < 1.29 is 23.0 Å². The number of benzene rings is 1. The summed E-state index contributed by atoms with van der Waals surface area (Å²) in [5.41, 5.74) is -0.0226. The Hall–Kier alpha value is -1.73. The Morgan fingerprint density at radius 1 is 1.35 bits per heavy atom. The van der Waals surface area contributed by atoms with Crippen molar-refractivity contribution in [3.8, 4) is 16.9 Å². The zero-order valence-electron chi connectivity index (χ0n) is 13.0. The highest BCUT2D eigenvalue weighted by molar-refractivity contribution is 7.17. The standard InChI is InChI=1S/C16H18F3NO2S/c1-9(22-3)7-12-14(21)13(15(20-2)23-12)10-5-4-6-11(8-10)16(17,18)19/h4-6,8-9,20-21H,7H2,1-3H3. The summed E-state index contributed by atoms with van der Waals surface area (Å²) in [4.78, 5) is 0.677. The third-order valence-electron chi connectivity index (χ3n) is 3.53. The number of nitrogens with one attached hydrogen (secondary N) is 1. The van der Waals surface area contributed by atoms with Gasteiger partial charge < -0.3 is 15.2 Å². The van der Waals surface area contributed by atoms with Gasteiger partial charge >= 0.3 is 6.18 Å². The van der Waals surface area contributed by atoms with Gasteiger partial charge in [0.25, 0.3) is 0 Å². The lowest BCUT2D eigenvalue weighted by Gasteiger charge is -2.10. The highest BCUT2D eigenvalue weighted by atomic mass is 32.1. The molecule has 7 heteroatoms. The first kappa shape index (κ1) is 17.6. The molecule has 0 saturated heterocycles. The van der Waals surface area contributed by atoms with Crippen molar-refractivity contribution in [2.75, 3.05) is 19.5 Å². The number of alkyl halides is 3. The Morgan fingerprint density at radius 2 is 2.04 bits per heavy atom. The first-order chi connectivity index (χ1) is 10.8. The monoisotopic (exact) mass is 345 g/mol. The number of ether oxygens (including phenoxy) is 1. The van der Waals surface area contributed by atoms with Crippen molar-refractivity contribution in [1.82, 2.24) is 0 Å². The van der Waals surface area contributed by atoms with Crippen LogP contribution in [0, 0.1) is 0 Å². The van der Waals surface area contributed by atoms with Gasteiger partial charge in [0.2, 0.25) is 0 Å². The summed E-state index contributed by atoms with van der Waals surface area (Å²) in [6, 6.07) is 4.96. The van der Waals surface area contributed by atoms with Crippen LogP contribution in [0.5, 0.6) is 5.75 Å². The average molecular weight is 345 g/mol. The van der Waals surface area contributed by atoms with Crippen LogP contribution in [0.2, 0.25) is 0 Å². The minimum absolute atomic E-state index is 0.00238. The summed E-state index contributed by atoms with van der Waals surface area (Å²) in [7, 11) is 3.24. The van der Waals surface area contributed by atoms with Gasteiger partial charge in [-0.2, -0.15) is 13.2 Å². The maximum atomic E-state index is 12.9. The maximum absolute atomic E-state index is 12.9. The Kier molecular flexibility index (Phi) is 5.21. The van der Waals surface area contributed by atoms with Gasteiger partial charge in [-0.05, 0) is 24.6 Å². The highest BCUT2D eigenvalue weighted by Gasteiger charge is 2.31. The number of hydrogen-bond donors (Lipinski definition) is 2. The molecule has 2 rings (SSSR count). The van der Waals surface area contributed by atoms with Gasteiger partial charge in [0.15, 0.2) is 0 Å². The summed E-state index contributed by atoms with van der Waals surface area (Å²) < 4.78 is 43.9. The largest absolute Gasteiger partial charge is 0.506 e. The van der Waals surface area contributed by atoms with Gasteiger partial charge in [0.1, 0.15) is 10.8 Å². The van der Waals surface area contributed by atoms with Gasteiger partial charge in [0, 0.05) is 20.6 Å². The molecule has 23 heavy (non-hydrogen) atoms. The lowest BCUT2D eigenvalue weighted by Crippen LogP contribution is -2.07. The minimum atomic E-state index is -4.42. The second-order valence-corrected chi connectivity index (χ2v) is 6.26. The molecule has 2 N–H and O–H groups in total. The van der Waals surface area contributed by atoms with Gasteiger partial charge in [-0.25, -0.2) is 0 Å². The van der Waals surface area contributed by atoms with Crippen LogP contribution in [0.1, 0.15) is 17.4 Å². The molecular formula is C16H18F3NO2S. The lowest BCUT2D eigenvalue weighted by molar-refractivity contribution is -0.137. The summed E-state index contributed by atoms with van der Waals surface area (Å²) in [5.74, 6) is 0.00238. The van der Waals surface area contributed by atoms with Crippen LogP contribution in [-0.4, -0.2) is 25.4 Å². The van der Waals surface area contributed by atoms with Crippen LogP contribution in [0.25, 0.3) is 11.1 Å². The van der Waals surface area contributed by atoms with Crippen molar-refractivity contribution in [2.24, 2.45) is 0 Å². The number of anilines is 1. The smallest absolute Gasteiger partial charge is 0.416 e. The van der Waals surface area contributed by atoms with E-state index >= 15 is 0 Å². The topological polar surface area (TPSA) is 41.5 Å². The average Bonchev–Trinajstić information content (AvgIpc) is 2.82. The fourth-order valence-corrected chi connectivity index (χ4v) is 3.43. The Balaban J connectivity index is 2.51. The molecule has 0 aliphatic rings. The minimum Gasteiger partial charge on any atom is -0.506 e. The van der Waals surface area contributed by atoms with Gasteiger partial charge in [-0.15, -0.1) is 11.3 Å². The van der Waals surface area contributed by atoms with E-state index in [0.717, 1.165) is 12.1 Å². The van der Waals surface area contributed by atoms with Gasteiger partial charge in [-0.3, -0.25) is 0 Å². The molecule has 0 amide bonds. The molecule has 1 aromatic heterocycles. The van der Waals surface area contributed by atoms with Crippen LogP contribution < -0.4 is 5.32 Å². The molecule has 0 radical (unpaired) electrons. The molecule has 126 valence electrons. The zero-order valence-corrected chi connectivity index (χ0v) is 13.8. The van der Waals surface area contributed by atoms with Crippen LogP contribution in [0.3, 0.4) is 0 Å². The van der Waals surface area contributed by atoms with E-state index in [-0.39, 0.29) is 11.9 Å². The molecule has 1 atom stereocenters. The summed E-state index contributed by atoms with van der Waals surface area (Å²) in [5, 5.41) is 14.0. The molecule has 0 fully saturated rings. The lowest BCUT2D eigenvalue weighted by atomic mass is 10.0. The van der Waals surface area contributed by atoms with Crippen LogP contribution in [-0.2, 0) is 17.3 Å². The maximum Gasteiger partial charge on any atom is 0.416 e. The molecule has 1 aromatic carbocycles. The van der Waals surface area contributed by atoms with E-state index in [2.05, 4.69) is 5.32 Å². The molecule has 3 nitrogen and oxygen atoms in total. The molecule has 0 spiro atoms. The number of thiophene rings is 1. The molecule has 0 aliphatic heterocycles. The quantitative estimate of drug-likeness (QED) is 0.821. The van der Waals surface area contributed by atoms with E-state index in [9.17, 15) is 18.3 Å². The molecule has 2 aromatic rings. The molecular weight excluding hydrogens is 327 g/mol. The predicted octanol–water partition coefficient (Wildman–Crippen LogP) is 4.76. The first-order valence-electron chi connectivity index (χ1n) is 7.00. The summed E-state index contributed by atoms with van der Waals surface area (Å²) in [6.07, 6.45) is -4.03. The zero-order chi connectivity index (χ0) is 17.2. The van der Waals surface area contributed by atoms with Crippen molar-refractivity contribution in [3.63, 3.8) is 0 Å².